The van der Waals surface area contributed by atoms with Crippen LogP contribution in [0.25, 0.3) is 0 Å². The van der Waals surface area contributed by atoms with Crippen molar-refractivity contribution < 1.29 is 4.39 Å². The van der Waals surface area contributed by atoms with Gasteiger partial charge in [-0.25, -0.2) is 4.98 Å². The molecule has 0 unspecified atom stereocenters. The Morgan fingerprint density at radius 2 is 2.00 bits per heavy atom. The molecular formula is C11H7BrFNS. The highest BCUT2D eigenvalue weighted by molar-refractivity contribution is 9.10. The van der Waals surface area contributed by atoms with E-state index in [1.54, 1.807) is 6.07 Å². The van der Waals surface area contributed by atoms with Gasteiger partial charge in [-0.15, -0.1) is 0 Å². The van der Waals surface area contributed by atoms with Gasteiger partial charge in [0, 0.05) is 26.5 Å². The first kappa shape index (κ1) is 10.6. The summed E-state index contributed by atoms with van der Waals surface area (Å²) in [4.78, 5) is 5.41. The third-order valence-corrected chi connectivity index (χ3v) is 3.78. The second-order valence-electron chi connectivity index (χ2n) is 2.85. The van der Waals surface area contributed by atoms with Crippen LogP contribution in [0.4, 0.5) is 4.39 Å². The van der Waals surface area contributed by atoms with Crippen LogP contribution in [0.5, 0.6) is 0 Å². The summed E-state index contributed by atoms with van der Waals surface area (Å²) in [5, 5.41) is 0. The molecule has 0 aliphatic rings. The minimum atomic E-state index is -0.452. The number of pyridine rings is 1. The van der Waals surface area contributed by atoms with Crippen molar-refractivity contribution in [3.05, 3.63) is 53.0 Å². The highest BCUT2D eigenvalue weighted by Crippen LogP contribution is 2.32. The first-order chi connectivity index (χ1) is 7.25. The summed E-state index contributed by atoms with van der Waals surface area (Å²) in [5.74, 6) is -0.452. The average molecular weight is 284 g/mol. The van der Waals surface area contributed by atoms with E-state index in [0.717, 1.165) is 14.3 Å². The van der Waals surface area contributed by atoms with Gasteiger partial charge in [-0.2, -0.15) is 4.39 Å². The van der Waals surface area contributed by atoms with Crippen molar-refractivity contribution in [2.75, 3.05) is 0 Å². The maximum atomic E-state index is 12.8. The Labute approximate surface area is 99.9 Å². The summed E-state index contributed by atoms with van der Waals surface area (Å²) < 4.78 is 13.8. The predicted molar refractivity (Wildman–Crippen MR) is 62.5 cm³/mol. The van der Waals surface area contributed by atoms with Gasteiger partial charge in [0.1, 0.15) is 0 Å². The first-order valence-corrected chi connectivity index (χ1v) is 5.90. The van der Waals surface area contributed by atoms with Gasteiger partial charge >= 0.3 is 0 Å². The summed E-state index contributed by atoms with van der Waals surface area (Å²) in [6.07, 6.45) is 1.47. The van der Waals surface area contributed by atoms with Crippen LogP contribution in [0.2, 0.25) is 0 Å². The molecule has 1 aromatic heterocycles. The molecule has 0 bridgehead atoms. The molecule has 1 aromatic carbocycles. The van der Waals surface area contributed by atoms with Crippen molar-refractivity contribution in [3.8, 4) is 0 Å². The normalized spacial score (nSPS) is 10.3. The van der Waals surface area contributed by atoms with Gasteiger partial charge < -0.3 is 0 Å². The molecule has 0 fully saturated rings. The first-order valence-electron chi connectivity index (χ1n) is 4.29. The van der Waals surface area contributed by atoms with E-state index in [-0.39, 0.29) is 0 Å². The number of benzene rings is 1. The smallest absolute Gasteiger partial charge is 0.213 e. The van der Waals surface area contributed by atoms with Gasteiger partial charge in [-0.05, 0) is 34.1 Å². The van der Waals surface area contributed by atoms with Crippen molar-refractivity contribution in [2.24, 2.45) is 0 Å². The van der Waals surface area contributed by atoms with Crippen LogP contribution in [-0.4, -0.2) is 4.98 Å². The maximum absolute atomic E-state index is 12.8. The minimum Gasteiger partial charge on any atom is -0.228 e. The lowest BCUT2D eigenvalue weighted by Gasteiger charge is -2.03. The van der Waals surface area contributed by atoms with E-state index in [2.05, 4.69) is 20.9 Å². The van der Waals surface area contributed by atoms with Crippen molar-refractivity contribution in [1.82, 2.24) is 4.98 Å². The van der Waals surface area contributed by atoms with E-state index in [0.29, 0.717) is 0 Å². The fraction of sp³-hybridized carbons (Fsp3) is 0. The Morgan fingerprint density at radius 3 is 2.73 bits per heavy atom. The van der Waals surface area contributed by atoms with Crippen molar-refractivity contribution in [3.63, 3.8) is 0 Å². The van der Waals surface area contributed by atoms with Crippen molar-refractivity contribution in [1.29, 1.82) is 0 Å². The number of nitrogens with zero attached hydrogens (tertiary/aromatic N) is 1. The second kappa shape index (κ2) is 4.77. The number of halogens is 2. The zero-order valence-electron chi connectivity index (χ0n) is 7.65. The van der Waals surface area contributed by atoms with Gasteiger partial charge in [0.05, 0.1) is 0 Å². The molecule has 0 spiro atoms. The minimum absolute atomic E-state index is 0.452. The fourth-order valence-electron chi connectivity index (χ4n) is 1.10. The van der Waals surface area contributed by atoms with E-state index < -0.39 is 5.95 Å². The molecule has 0 aliphatic heterocycles. The highest BCUT2D eigenvalue weighted by atomic mass is 79.9. The molecule has 2 aromatic rings. The van der Waals surface area contributed by atoms with E-state index in [9.17, 15) is 4.39 Å². The Balaban J connectivity index is 2.26. The van der Waals surface area contributed by atoms with Crippen LogP contribution < -0.4 is 0 Å². The number of hydrogen-bond acceptors (Lipinski definition) is 2. The largest absolute Gasteiger partial charge is 0.228 e. The molecule has 0 radical (unpaired) electrons. The van der Waals surface area contributed by atoms with Gasteiger partial charge in [0.15, 0.2) is 0 Å². The third kappa shape index (κ3) is 2.79. The lowest BCUT2D eigenvalue weighted by atomic mass is 10.4. The summed E-state index contributed by atoms with van der Waals surface area (Å²) in [7, 11) is 0. The van der Waals surface area contributed by atoms with E-state index in [4.69, 9.17) is 0 Å². The second-order valence-corrected chi connectivity index (χ2v) is 4.82. The number of rotatable bonds is 2. The lowest BCUT2D eigenvalue weighted by Crippen LogP contribution is -1.81. The molecule has 15 heavy (non-hydrogen) atoms. The van der Waals surface area contributed by atoms with Gasteiger partial charge in [-0.1, -0.05) is 23.9 Å². The van der Waals surface area contributed by atoms with E-state index in [1.807, 2.05) is 24.3 Å². The molecular weight excluding hydrogens is 277 g/mol. The van der Waals surface area contributed by atoms with Crippen LogP contribution in [0, 0.1) is 5.95 Å². The number of hydrogen-bond donors (Lipinski definition) is 0. The molecule has 76 valence electrons. The molecule has 2 rings (SSSR count). The molecule has 0 saturated carbocycles. The van der Waals surface area contributed by atoms with Gasteiger partial charge in [-0.3, -0.25) is 0 Å². The summed E-state index contributed by atoms with van der Waals surface area (Å²) in [6, 6.07) is 11.0. The maximum Gasteiger partial charge on any atom is 0.213 e. The Morgan fingerprint density at radius 1 is 1.20 bits per heavy atom. The molecule has 0 saturated heterocycles. The average Bonchev–Trinajstić information content (AvgIpc) is 2.22. The van der Waals surface area contributed by atoms with Crippen molar-refractivity contribution in [2.45, 2.75) is 9.79 Å². The molecule has 1 nitrogen and oxygen atoms in total. The number of aromatic nitrogens is 1. The molecule has 4 heteroatoms. The van der Waals surface area contributed by atoms with Crippen LogP contribution in [0.3, 0.4) is 0 Å². The zero-order chi connectivity index (χ0) is 10.7. The SMILES string of the molecule is Fc1cc(Sc2ccccc2Br)ccn1. The van der Waals surface area contributed by atoms with Crippen molar-refractivity contribution >= 4 is 27.7 Å². The van der Waals surface area contributed by atoms with Crippen LogP contribution in [-0.2, 0) is 0 Å². The van der Waals surface area contributed by atoms with Crippen LogP contribution in [0.15, 0.2) is 56.9 Å². The zero-order valence-corrected chi connectivity index (χ0v) is 10.1. The Kier molecular flexibility index (Phi) is 3.38. The van der Waals surface area contributed by atoms with E-state index in [1.165, 1.54) is 24.0 Å². The van der Waals surface area contributed by atoms with Gasteiger partial charge in [0.2, 0.25) is 5.95 Å². The van der Waals surface area contributed by atoms with Crippen LogP contribution >= 0.6 is 27.7 Å². The molecule has 0 atom stereocenters. The highest BCUT2D eigenvalue weighted by Gasteiger charge is 2.02. The summed E-state index contributed by atoms with van der Waals surface area (Å²) in [6.45, 7) is 0. The Hall–Kier alpha value is -0.870. The predicted octanol–water partition coefficient (Wildman–Crippen LogP) is 4.13. The molecule has 1 heterocycles. The molecule has 0 aliphatic carbocycles. The topological polar surface area (TPSA) is 12.9 Å². The lowest BCUT2D eigenvalue weighted by molar-refractivity contribution is 0.579. The fourth-order valence-corrected chi connectivity index (χ4v) is 2.48. The van der Waals surface area contributed by atoms with Crippen LogP contribution in [0.1, 0.15) is 0 Å². The monoisotopic (exact) mass is 283 g/mol. The molecule has 0 amide bonds. The summed E-state index contributed by atoms with van der Waals surface area (Å²) >= 11 is 4.94. The molecule has 0 N–H and O–H groups in total. The Bertz CT molecular complexity index is 476. The third-order valence-electron chi connectivity index (χ3n) is 1.76. The van der Waals surface area contributed by atoms with E-state index >= 15 is 0 Å². The van der Waals surface area contributed by atoms with Gasteiger partial charge in [0.25, 0.3) is 0 Å². The quantitative estimate of drug-likeness (QED) is 0.769. The standard InChI is InChI=1S/C11H7BrFNS/c12-9-3-1-2-4-10(9)15-8-5-6-14-11(13)7-8/h1-7H. The summed E-state index contributed by atoms with van der Waals surface area (Å²) in [5.41, 5.74) is 0.